The molecule has 2 rings (SSSR count). The van der Waals surface area contributed by atoms with Crippen molar-refractivity contribution in [1.29, 1.82) is 0 Å². The topological polar surface area (TPSA) is 41.6 Å². The molecule has 1 amide bonds. The molecule has 1 fully saturated rings. The SMILES string of the molecule is C[C@@H](c1ccccc1Cl)N(C)C(=O)[C@H]1CNCCO1. The van der Waals surface area contributed by atoms with Crippen LogP contribution in [0.3, 0.4) is 0 Å². The Kier molecular flexibility index (Phi) is 4.80. The predicted octanol–water partition coefficient (Wildman–Crippen LogP) is 1.85. The van der Waals surface area contributed by atoms with Crippen LogP contribution in [0.2, 0.25) is 5.02 Å². The van der Waals surface area contributed by atoms with Crippen LogP contribution in [0.4, 0.5) is 0 Å². The summed E-state index contributed by atoms with van der Waals surface area (Å²) in [5, 5.41) is 3.84. The molecule has 104 valence electrons. The molecule has 0 unspecified atom stereocenters. The number of hydrogen-bond donors (Lipinski definition) is 1. The van der Waals surface area contributed by atoms with Gasteiger partial charge in [-0.3, -0.25) is 4.79 Å². The second kappa shape index (κ2) is 6.37. The number of ether oxygens (including phenoxy) is 1. The molecule has 0 saturated carbocycles. The van der Waals surface area contributed by atoms with Crippen molar-refractivity contribution in [1.82, 2.24) is 10.2 Å². The van der Waals surface area contributed by atoms with Gasteiger partial charge in [-0.1, -0.05) is 29.8 Å². The van der Waals surface area contributed by atoms with Gasteiger partial charge in [-0.05, 0) is 18.6 Å². The Bertz CT molecular complexity index is 447. The van der Waals surface area contributed by atoms with E-state index >= 15 is 0 Å². The third kappa shape index (κ3) is 3.26. The van der Waals surface area contributed by atoms with E-state index in [0.717, 1.165) is 12.1 Å². The molecule has 0 spiro atoms. The molecule has 1 aromatic rings. The quantitative estimate of drug-likeness (QED) is 0.920. The molecule has 5 heteroatoms. The molecule has 1 saturated heterocycles. The molecular formula is C14H19ClN2O2. The Morgan fingerprint density at radius 3 is 2.89 bits per heavy atom. The Morgan fingerprint density at radius 1 is 1.53 bits per heavy atom. The summed E-state index contributed by atoms with van der Waals surface area (Å²) in [6.07, 6.45) is -0.399. The van der Waals surface area contributed by atoms with Crippen LogP contribution in [0, 0.1) is 0 Å². The third-order valence-electron chi connectivity index (χ3n) is 3.49. The van der Waals surface area contributed by atoms with Crippen LogP contribution in [0.1, 0.15) is 18.5 Å². The van der Waals surface area contributed by atoms with Gasteiger partial charge < -0.3 is 15.0 Å². The highest BCUT2D eigenvalue weighted by Crippen LogP contribution is 2.26. The molecule has 1 aromatic carbocycles. The first-order chi connectivity index (χ1) is 9.11. The lowest BCUT2D eigenvalue weighted by atomic mass is 10.1. The number of carbonyl (C=O) groups excluding carboxylic acids is 1. The number of benzene rings is 1. The van der Waals surface area contributed by atoms with Crippen LogP contribution in [0.5, 0.6) is 0 Å². The molecule has 0 bridgehead atoms. The highest BCUT2D eigenvalue weighted by atomic mass is 35.5. The van der Waals surface area contributed by atoms with Gasteiger partial charge in [-0.25, -0.2) is 0 Å². The zero-order chi connectivity index (χ0) is 13.8. The van der Waals surface area contributed by atoms with Crippen LogP contribution in [-0.4, -0.2) is 43.7 Å². The van der Waals surface area contributed by atoms with Crippen LogP contribution < -0.4 is 5.32 Å². The van der Waals surface area contributed by atoms with Crippen molar-refractivity contribution in [2.45, 2.75) is 19.1 Å². The van der Waals surface area contributed by atoms with Crippen LogP contribution in [0.15, 0.2) is 24.3 Å². The lowest BCUT2D eigenvalue weighted by Gasteiger charge is -2.31. The Labute approximate surface area is 118 Å². The zero-order valence-corrected chi connectivity index (χ0v) is 12.0. The summed E-state index contributed by atoms with van der Waals surface area (Å²) in [4.78, 5) is 14.0. The number of amides is 1. The number of halogens is 1. The first-order valence-corrected chi connectivity index (χ1v) is 6.82. The van der Waals surface area contributed by atoms with E-state index in [0.29, 0.717) is 18.2 Å². The highest BCUT2D eigenvalue weighted by molar-refractivity contribution is 6.31. The van der Waals surface area contributed by atoms with E-state index in [4.69, 9.17) is 16.3 Å². The normalized spacial score (nSPS) is 20.9. The average molecular weight is 283 g/mol. The summed E-state index contributed by atoms with van der Waals surface area (Å²) < 4.78 is 5.49. The van der Waals surface area contributed by atoms with Gasteiger partial charge in [-0.15, -0.1) is 0 Å². The lowest BCUT2D eigenvalue weighted by Crippen LogP contribution is -2.48. The van der Waals surface area contributed by atoms with E-state index in [9.17, 15) is 4.79 Å². The third-order valence-corrected chi connectivity index (χ3v) is 3.83. The monoisotopic (exact) mass is 282 g/mol. The van der Waals surface area contributed by atoms with Crippen molar-refractivity contribution in [2.75, 3.05) is 26.7 Å². The van der Waals surface area contributed by atoms with Crippen molar-refractivity contribution >= 4 is 17.5 Å². The second-order valence-electron chi connectivity index (χ2n) is 4.71. The Balaban J connectivity index is 2.08. The average Bonchev–Trinajstić information content (AvgIpc) is 2.46. The summed E-state index contributed by atoms with van der Waals surface area (Å²) >= 11 is 6.17. The first-order valence-electron chi connectivity index (χ1n) is 6.44. The molecule has 1 aliphatic heterocycles. The first kappa shape index (κ1) is 14.3. The lowest BCUT2D eigenvalue weighted by molar-refractivity contribution is -0.145. The van der Waals surface area contributed by atoms with Gasteiger partial charge >= 0.3 is 0 Å². The summed E-state index contributed by atoms with van der Waals surface area (Å²) in [7, 11) is 1.79. The van der Waals surface area contributed by atoms with E-state index in [-0.39, 0.29) is 11.9 Å². The molecule has 4 nitrogen and oxygen atoms in total. The Hall–Kier alpha value is -1.10. The van der Waals surface area contributed by atoms with E-state index in [2.05, 4.69) is 5.32 Å². The minimum Gasteiger partial charge on any atom is -0.366 e. The van der Waals surface area contributed by atoms with Crippen molar-refractivity contribution in [3.05, 3.63) is 34.9 Å². The molecule has 1 heterocycles. The van der Waals surface area contributed by atoms with Gasteiger partial charge in [0.15, 0.2) is 0 Å². The predicted molar refractivity (Wildman–Crippen MR) is 75.2 cm³/mol. The van der Waals surface area contributed by atoms with Crippen molar-refractivity contribution in [2.24, 2.45) is 0 Å². The fraction of sp³-hybridized carbons (Fsp3) is 0.500. The molecule has 2 atom stereocenters. The number of carbonyl (C=O) groups is 1. The van der Waals surface area contributed by atoms with Crippen molar-refractivity contribution in [3.63, 3.8) is 0 Å². The largest absolute Gasteiger partial charge is 0.366 e. The zero-order valence-electron chi connectivity index (χ0n) is 11.2. The fourth-order valence-corrected chi connectivity index (χ4v) is 2.46. The van der Waals surface area contributed by atoms with Crippen molar-refractivity contribution in [3.8, 4) is 0 Å². The van der Waals surface area contributed by atoms with E-state index in [1.165, 1.54) is 0 Å². The number of nitrogens with one attached hydrogen (secondary N) is 1. The smallest absolute Gasteiger partial charge is 0.253 e. The van der Waals surface area contributed by atoms with Crippen molar-refractivity contribution < 1.29 is 9.53 Å². The summed E-state index contributed by atoms with van der Waals surface area (Å²) in [6, 6.07) is 7.51. The van der Waals surface area contributed by atoms with E-state index in [1.54, 1.807) is 11.9 Å². The second-order valence-corrected chi connectivity index (χ2v) is 5.12. The molecule has 1 aliphatic rings. The van der Waals surface area contributed by atoms with Crippen LogP contribution in [-0.2, 0) is 9.53 Å². The van der Waals surface area contributed by atoms with Gasteiger partial charge in [0, 0.05) is 25.2 Å². The Morgan fingerprint density at radius 2 is 2.26 bits per heavy atom. The number of nitrogens with zero attached hydrogens (tertiary/aromatic N) is 1. The number of rotatable bonds is 3. The molecule has 0 aliphatic carbocycles. The maximum atomic E-state index is 12.3. The van der Waals surface area contributed by atoms with Crippen LogP contribution in [0.25, 0.3) is 0 Å². The minimum atomic E-state index is -0.399. The van der Waals surface area contributed by atoms with E-state index in [1.807, 2.05) is 31.2 Å². The van der Waals surface area contributed by atoms with Gasteiger partial charge in [0.1, 0.15) is 6.10 Å². The summed E-state index contributed by atoms with van der Waals surface area (Å²) in [5.41, 5.74) is 0.948. The summed E-state index contributed by atoms with van der Waals surface area (Å²) in [5.74, 6) is -0.0142. The molecule has 0 radical (unpaired) electrons. The number of morpholine rings is 1. The number of hydrogen-bond acceptors (Lipinski definition) is 3. The van der Waals surface area contributed by atoms with Gasteiger partial charge in [0.2, 0.25) is 0 Å². The van der Waals surface area contributed by atoms with Gasteiger partial charge in [0.05, 0.1) is 12.6 Å². The number of likely N-dealkylation sites (N-methyl/N-ethyl adjacent to an activating group) is 1. The molecule has 19 heavy (non-hydrogen) atoms. The molecule has 1 N–H and O–H groups in total. The maximum absolute atomic E-state index is 12.3. The molecular weight excluding hydrogens is 264 g/mol. The van der Waals surface area contributed by atoms with Gasteiger partial charge in [0.25, 0.3) is 5.91 Å². The fourth-order valence-electron chi connectivity index (χ4n) is 2.16. The highest BCUT2D eigenvalue weighted by Gasteiger charge is 2.28. The van der Waals surface area contributed by atoms with Gasteiger partial charge in [-0.2, -0.15) is 0 Å². The molecule has 0 aromatic heterocycles. The summed E-state index contributed by atoms with van der Waals surface area (Å²) in [6.45, 7) is 3.91. The standard InChI is InChI=1S/C14H19ClN2O2/c1-10(11-5-3-4-6-12(11)15)17(2)14(18)13-9-16-7-8-19-13/h3-6,10,13,16H,7-9H2,1-2H3/t10-,13+/m0/s1. The maximum Gasteiger partial charge on any atom is 0.253 e. The van der Waals surface area contributed by atoms with E-state index < -0.39 is 6.10 Å². The van der Waals surface area contributed by atoms with Crippen LogP contribution >= 0.6 is 11.6 Å². The minimum absolute atomic E-state index is 0.0142.